The minimum atomic E-state index is -4.93. The zero-order valence-electron chi connectivity index (χ0n) is 12.2. The lowest BCUT2D eigenvalue weighted by molar-refractivity contribution is -0.173. The average Bonchev–Trinajstić information content (AvgIpc) is 2.52. The molecule has 0 aliphatic carbocycles. The largest absolute Gasteiger partial charge is 0.471 e. The predicted molar refractivity (Wildman–Crippen MR) is 86.4 cm³/mol. The number of rotatable bonds is 4. The fourth-order valence-electron chi connectivity index (χ4n) is 1.89. The van der Waals surface area contributed by atoms with Crippen LogP contribution in [0.5, 0.6) is 0 Å². The van der Waals surface area contributed by atoms with E-state index in [1.807, 2.05) is 0 Å². The van der Waals surface area contributed by atoms with Gasteiger partial charge in [-0.3, -0.25) is 9.59 Å². The number of halogens is 4. The van der Waals surface area contributed by atoms with Crippen LogP contribution < -0.4 is 10.6 Å². The van der Waals surface area contributed by atoms with Gasteiger partial charge in [0.25, 0.3) is 5.91 Å². The molecule has 8 heteroatoms. The van der Waals surface area contributed by atoms with Crippen LogP contribution in [0.15, 0.2) is 53.0 Å². The van der Waals surface area contributed by atoms with Crippen molar-refractivity contribution in [3.05, 3.63) is 64.1 Å². The number of anilines is 1. The molecule has 0 aliphatic heterocycles. The summed E-state index contributed by atoms with van der Waals surface area (Å²) in [6.45, 7) is -0.295. The number of benzene rings is 2. The van der Waals surface area contributed by atoms with E-state index in [4.69, 9.17) is 0 Å². The molecule has 0 aliphatic rings. The molecule has 0 saturated heterocycles. The number of hydrogen-bond acceptors (Lipinski definition) is 2. The molecule has 0 fully saturated rings. The van der Waals surface area contributed by atoms with Gasteiger partial charge < -0.3 is 10.6 Å². The third-order valence-corrected chi connectivity index (χ3v) is 3.71. The normalized spacial score (nSPS) is 11.0. The summed E-state index contributed by atoms with van der Waals surface area (Å²) in [6, 6.07) is 13.0. The van der Waals surface area contributed by atoms with Crippen LogP contribution in [0.25, 0.3) is 0 Å². The van der Waals surface area contributed by atoms with Crippen LogP contribution >= 0.6 is 15.9 Å². The van der Waals surface area contributed by atoms with Gasteiger partial charge in [-0.2, -0.15) is 13.2 Å². The fourth-order valence-corrected chi connectivity index (χ4v) is 2.35. The summed E-state index contributed by atoms with van der Waals surface area (Å²) in [6.07, 6.45) is -4.93. The molecule has 2 rings (SSSR count). The van der Waals surface area contributed by atoms with Gasteiger partial charge in [-0.05, 0) is 45.8 Å². The van der Waals surface area contributed by atoms with E-state index in [1.165, 1.54) is 6.07 Å². The molecule has 0 unspecified atom stereocenters. The summed E-state index contributed by atoms with van der Waals surface area (Å²) in [4.78, 5) is 23.0. The molecule has 4 nitrogen and oxygen atoms in total. The van der Waals surface area contributed by atoms with Gasteiger partial charge in [-0.15, -0.1) is 0 Å². The molecule has 0 bridgehead atoms. The quantitative estimate of drug-likeness (QED) is 0.817. The van der Waals surface area contributed by atoms with Crippen LogP contribution in [0.1, 0.15) is 15.9 Å². The first-order valence-corrected chi connectivity index (χ1v) is 7.56. The highest BCUT2D eigenvalue weighted by atomic mass is 79.9. The number of carbonyl (C=O) groups is 2. The van der Waals surface area contributed by atoms with Crippen LogP contribution in [0.4, 0.5) is 18.9 Å². The van der Waals surface area contributed by atoms with Crippen molar-refractivity contribution in [3.8, 4) is 0 Å². The first kappa shape index (κ1) is 18.0. The Bertz CT molecular complexity index is 763. The van der Waals surface area contributed by atoms with Gasteiger partial charge in [0.05, 0.1) is 5.56 Å². The van der Waals surface area contributed by atoms with E-state index in [2.05, 4.69) is 21.2 Å². The summed E-state index contributed by atoms with van der Waals surface area (Å²) in [5, 5.41) is 4.43. The zero-order valence-corrected chi connectivity index (χ0v) is 13.7. The first-order chi connectivity index (χ1) is 11.3. The number of hydrogen-bond donors (Lipinski definition) is 2. The summed E-state index contributed by atoms with van der Waals surface area (Å²) >= 11 is 3.27. The van der Waals surface area contributed by atoms with Gasteiger partial charge in [-0.1, -0.05) is 24.3 Å². The van der Waals surface area contributed by atoms with E-state index in [-0.39, 0.29) is 12.5 Å². The molecule has 2 N–H and O–H groups in total. The Morgan fingerprint density at radius 1 is 1.04 bits per heavy atom. The Balaban J connectivity index is 2.04. The Morgan fingerprint density at radius 2 is 1.75 bits per heavy atom. The molecular weight excluding hydrogens is 389 g/mol. The first-order valence-electron chi connectivity index (χ1n) is 6.77. The van der Waals surface area contributed by atoms with Crippen molar-refractivity contribution in [1.82, 2.24) is 5.32 Å². The highest BCUT2D eigenvalue weighted by Gasteiger charge is 2.38. The highest BCUT2D eigenvalue weighted by Crippen LogP contribution is 2.19. The smallest absolute Gasteiger partial charge is 0.344 e. The molecule has 24 heavy (non-hydrogen) atoms. The molecule has 0 radical (unpaired) electrons. The van der Waals surface area contributed by atoms with Crippen molar-refractivity contribution in [3.63, 3.8) is 0 Å². The Labute approximate surface area is 144 Å². The second-order valence-corrected chi connectivity index (χ2v) is 5.67. The van der Waals surface area contributed by atoms with E-state index in [1.54, 1.807) is 47.8 Å². The van der Waals surface area contributed by atoms with Crippen LogP contribution in [0, 0.1) is 0 Å². The molecule has 0 saturated carbocycles. The maximum absolute atomic E-state index is 12.2. The van der Waals surface area contributed by atoms with Crippen molar-refractivity contribution in [1.29, 1.82) is 0 Å². The summed E-state index contributed by atoms with van der Waals surface area (Å²) < 4.78 is 37.1. The maximum Gasteiger partial charge on any atom is 0.471 e. The van der Waals surface area contributed by atoms with Crippen molar-refractivity contribution in [2.24, 2.45) is 0 Å². The van der Waals surface area contributed by atoms with E-state index in [0.717, 1.165) is 0 Å². The zero-order chi connectivity index (χ0) is 17.7. The molecular formula is C16H12BrF3N2O2. The van der Waals surface area contributed by atoms with Gasteiger partial charge in [0.2, 0.25) is 0 Å². The second-order valence-electron chi connectivity index (χ2n) is 4.81. The Morgan fingerprint density at radius 3 is 2.42 bits per heavy atom. The van der Waals surface area contributed by atoms with Gasteiger partial charge in [0.15, 0.2) is 0 Å². The minimum Gasteiger partial charge on any atom is -0.344 e. The van der Waals surface area contributed by atoms with E-state index >= 15 is 0 Å². The summed E-state index contributed by atoms with van der Waals surface area (Å²) in [5.74, 6) is -2.37. The molecule has 0 atom stereocenters. The number of alkyl halides is 3. The lowest BCUT2D eigenvalue weighted by Gasteiger charge is -2.10. The standard InChI is InChI=1S/C16H12BrF3N2O2/c17-13-7-2-1-6-12(13)14(23)22-11-5-3-4-10(8-11)9-21-15(24)16(18,19)20/h1-8H,9H2,(H,21,24)(H,22,23). The molecule has 0 aromatic heterocycles. The molecule has 2 amide bonds. The maximum atomic E-state index is 12.2. The highest BCUT2D eigenvalue weighted by molar-refractivity contribution is 9.10. The van der Waals surface area contributed by atoms with Gasteiger partial charge in [0, 0.05) is 16.7 Å². The SMILES string of the molecule is O=C(Nc1cccc(CNC(=O)C(F)(F)F)c1)c1ccccc1Br. The van der Waals surface area contributed by atoms with Crippen LogP contribution in [-0.4, -0.2) is 18.0 Å². The van der Waals surface area contributed by atoms with E-state index in [9.17, 15) is 22.8 Å². The summed E-state index contributed by atoms with van der Waals surface area (Å²) in [5.41, 5.74) is 1.26. The Kier molecular flexibility index (Phi) is 5.61. The number of nitrogens with one attached hydrogen (secondary N) is 2. The van der Waals surface area contributed by atoms with Gasteiger partial charge in [-0.25, -0.2) is 0 Å². The Hall–Kier alpha value is -2.35. The lowest BCUT2D eigenvalue weighted by Crippen LogP contribution is -2.36. The third kappa shape index (κ3) is 4.82. The van der Waals surface area contributed by atoms with Crippen LogP contribution in [-0.2, 0) is 11.3 Å². The molecule has 126 valence electrons. The fraction of sp³-hybridized carbons (Fsp3) is 0.125. The number of amides is 2. The molecule has 0 heterocycles. The molecule has 2 aromatic rings. The van der Waals surface area contributed by atoms with Crippen molar-refractivity contribution in [2.75, 3.05) is 5.32 Å². The van der Waals surface area contributed by atoms with Gasteiger partial charge >= 0.3 is 12.1 Å². The second kappa shape index (κ2) is 7.48. The van der Waals surface area contributed by atoms with Crippen molar-refractivity contribution < 1.29 is 22.8 Å². The number of carbonyl (C=O) groups excluding carboxylic acids is 2. The molecule has 0 spiro atoms. The predicted octanol–water partition coefficient (Wildman–Crippen LogP) is 3.88. The van der Waals surface area contributed by atoms with Crippen LogP contribution in [0.2, 0.25) is 0 Å². The van der Waals surface area contributed by atoms with E-state index in [0.29, 0.717) is 21.3 Å². The van der Waals surface area contributed by atoms with Crippen molar-refractivity contribution in [2.45, 2.75) is 12.7 Å². The van der Waals surface area contributed by atoms with E-state index < -0.39 is 12.1 Å². The van der Waals surface area contributed by atoms with Crippen molar-refractivity contribution >= 4 is 33.4 Å². The minimum absolute atomic E-state index is 0.295. The third-order valence-electron chi connectivity index (χ3n) is 3.01. The molecule has 2 aromatic carbocycles. The topological polar surface area (TPSA) is 58.2 Å². The monoisotopic (exact) mass is 400 g/mol. The lowest BCUT2D eigenvalue weighted by atomic mass is 10.1. The average molecular weight is 401 g/mol. The summed E-state index contributed by atoms with van der Waals surface area (Å²) in [7, 11) is 0. The van der Waals surface area contributed by atoms with Gasteiger partial charge in [0.1, 0.15) is 0 Å². The van der Waals surface area contributed by atoms with Crippen LogP contribution in [0.3, 0.4) is 0 Å².